The van der Waals surface area contributed by atoms with Crippen molar-refractivity contribution in [3.05, 3.63) is 45.1 Å². The number of thiophene rings is 1. The summed E-state index contributed by atoms with van der Waals surface area (Å²) in [6.45, 7) is 3.25. The van der Waals surface area contributed by atoms with Crippen LogP contribution in [0, 0.1) is 6.92 Å². The van der Waals surface area contributed by atoms with Crippen molar-refractivity contribution in [3.63, 3.8) is 0 Å². The van der Waals surface area contributed by atoms with Crippen molar-refractivity contribution in [1.82, 2.24) is 10.4 Å². The highest BCUT2D eigenvalue weighted by molar-refractivity contribution is 7.18. The number of halogens is 1. The van der Waals surface area contributed by atoms with Gasteiger partial charge in [0, 0.05) is 25.0 Å². The zero-order valence-electron chi connectivity index (χ0n) is 17.1. The molecule has 3 rings (SSSR count). The normalized spacial score (nSPS) is 13.8. The zero-order chi connectivity index (χ0) is 22.4. The lowest BCUT2D eigenvalue weighted by atomic mass is 10.1. The molecule has 4 amide bonds. The summed E-state index contributed by atoms with van der Waals surface area (Å²) in [4.78, 5) is 39.3. The zero-order valence-corrected chi connectivity index (χ0v) is 18.7. The number of rotatable bonds is 6. The average molecular weight is 467 g/mol. The Balaban J connectivity index is 1.69. The fraction of sp³-hybridized carbons (Fsp3) is 0.350. The van der Waals surface area contributed by atoms with E-state index < -0.39 is 11.9 Å². The molecule has 2 heterocycles. The van der Waals surface area contributed by atoms with Crippen LogP contribution < -0.4 is 15.6 Å². The molecular weight excluding hydrogens is 444 g/mol. The number of carbonyl (C=O) groups is 3. The van der Waals surface area contributed by atoms with Gasteiger partial charge in [-0.15, -0.1) is 11.3 Å². The van der Waals surface area contributed by atoms with Crippen LogP contribution >= 0.6 is 22.9 Å². The number of morpholine rings is 1. The Morgan fingerprint density at radius 3 is 2.77 bits per heavy atom. The molecule has 1 saturated heterocycles. The molecule has 0 atom stereocenters. The standard InChI is InChI=1S/C20H23ClN4O5S/c1-13-11-14(3-4-15(13)24-7-10-30-12-18(24)26)22-20(28)25(8-9-29-2)23-19(27)16-5-6-17(21)31-16/h3-6,11H,7-10,12H2,1-2H3,(H,22,28)(H,23,27). The smallest absolute Gasteiger partial charge is 0.340 e. The summed E-state index contributed by atoms with van der Waals surface area (Å²) < 4.78 is 10.7. The van der Waals surface area contributed by atoms with E-state index in [1.165, 1.54) is 7.11 Å². The van der Waals surface area contributed by atoms with Gasteiger partial charge in [-0.2, -0.15) is 0 Å². The van der Waals surface area contributed by atoms with Gasteiger partial charge < -0.3 is 19.7 Å². The third-order valence-electron chi connectivity index (χ3n) is 4.52. The molecule has 1 aromatic carbocycles. The van der Waals surface area contributed by atoms with Gasteiger partial charge in [-0.3, -0.25) is 15.0 Å². The molecule has 1 aromatic heterocycles. The van der Waals surface area contributed by atoms with E-state index in [1.54, 1.807) is 35.2 Å². The van der Waals surface area contributed by atoms with E-state index in [1.807, 2.05) is 6.92 Å². The van der Waals surface area contributed by atoms with Crippen molar-refractivity contribution < 1.29 is 23.9 Å². The number of aryl methyl sites for hydroxylation is 1. The van der Waals surface area contributed by atoms with E-state index in [4.69, 9.17) is 21.1 Å². The van der Waals surface area contributed by atoms with Crippen LogP contribution in [0.2, 0.25) is 4.34 Å². The van der Waals surface area contributed by atoms with Crippen molar-refractivity contribution in [2.24, 2.45) is 0 Å². The first kappa shape index (κ1) is 23.0. The lowest BCUT2D eigenvalue weighted by Gasteiger charge is -2.28. The maximum absolute atomic E-state index is 12.8. The van der Waals surface area contributed by atoms with Crippen LogP contribution in [-0.2, 0) is 14.3 Å². The van der Waals surface area contributed by atoms with Gasteiger partial charge in [-0.25, -0.2) is 9.80 Å². The van der Waals surface area contributed by atoms with Gasteiger partial charge in [0.05, 0.1) is 29.0 Å². The SMILES string of the molecule is COCCN(NC(=O)c1ccc(Cl)s1)C(=O)Nc1ccc(N2CCOCC2=O)c(C)c1. The number of nitrogens with one attached hydrogen (secondary N) is 2. The molecule has 0 aliphatic carbocycles. The van der Waals surface area contributed by atoms with Crippen LogP contribution in [0.25, 0.3) is 0 Å². The Morgan fingerprint density at radius 2 is 2.13 bits per heavy atom. The molecule has 1 fully saturated rings. The summed E-state index contributed by atoms with van der Waals surface area (Å²) >= 11 is 7.00. The molecule has 11 heteroatoms. The van der Waals surface area contributed by atoms with Gasteiger partial charge >= 0.3 is 6.03 Å². The van der Waals surface area contributed by atoms with Crippen LogP contribution in [0.3, 0.4) is 0 Å². The van der Waals surface area contributed by atoms with E-state index >= 15 is 0 Å². The minimum Gasteiger partial charge on any atom is -0.383 e. The highest BCUT2D eigenvalue weighted by atomic mass is 35.5. The van der Waals surface area contributed by atoms with Crippen molar-refractivity contribution in [2.45, 2.75) is 6.92 Å². The Labute approximate surface area is 188 Å². The summed E-state index contributed by atoms with van der Waals surface area (Å²) in [7, 11) is 1.51. The monoisotopic (exact) mass is 466 g/mol. The van der Waals surface area contributed by atoms with Crippen molar-refractivity contribution in [1.29, 1.82) is 0 Å². The number of urea groups is 1. The Morgan fingerprint density at radius 1 is 1.32 bits per heavy atom. The summed E-state index contributed by atoms with van der Waals surface area (Å²) in [5, 5.41) is 3.91. The Hall–Kier alpha value is -2.66. The fourth-order valence-electron chi connectivity index (χ4n) is 3.00. The maximum Gasteiger partial charge on any atom is 0.340 e. The third kappa shape index (κ3) is 5.95. The summed E-state index contributed by atoms with van der Waals surface area (Å²) in [6.07, 6.45) is 0. The van der Waals surface area contributed by atoms with Gasteiger partial charge in [-0.05, 0) is 42.8 Å². The minimum absolute atomic E-state index is 0.0571. The summed E-state index contributed by atoms with van der Waals surface area (Å²) in [5.74, 6) is -0.547. The minimum atomic E-state index is -0.525. The van der Waals surface area contributed by atoms with Gasteiger partial charge in [0.2, 0.25) is 0 Å². The molecule has 0 radical (unpaired) electrons. The predicted molar refractivity (Wildman–Crippen MR) is 119 cm³/mol. The number of nitrogens with zero attached hydrogens (tertiary/aromatic N) is 2. The molecule has 31 heavy (non-hydrogen) atoms. The topological polar surface area (TPSA) is 100 Å². The second-order valence-corrected chi connectivity index (χ2v) is 8.43. The first-order valence-electron chi connectivity index (χ1n) is 9.51. The first-order chi connectivity index (χ1) is 14.9. The van der Waals surface area contributed by atoms with Crippen molar-refractivity contribution in [2.75, 3.05) is 50.2 Å². The number of hydrogen-bond acceptors (Lipinski definition) is 6. The van der Waals surface area contributed by atoms with Gasteiger partial charge in [0.25, 0.3) is 11.8 Å². The lowest BCUT2D eigenvalue weighted by molar-refractivity contribution is -0.125. The van der Waals surface area contributed by atoms with Crippen LogP contribution in [0.5, 0.6) is 0 Å². The van der Waals surface area contributed by atoms with E-state index in [0.29, 0.717) is 28.1 Å². The Kier molecular flexibility index (Phi) is 7.85. The summed E-state index contributed by atoms with van der Waals surface area (Å²) in [5.41, 5.74) is 4.70. The summed E-state index contributed by atoms with van der Waals surface area (Å²) in [6, 6.07) is 7.93. The molecule has 1 aliphatic rings. The highest BCUT2D eigenvalue weighted by Gasteiger charge is 2.22. The van der Waals surface area contributed by atoms with E-state index in [0.717, 1.165) is 27.6 Å². The quantitative estimate of drug-likeness (QED) is 0.637. The molecule has 0 bridgehead atoms. The highest BCUT2D eigenvalue weighted by Crippen LogP contribution is 2.25. The van der Waals surface area contributed by atoms with E-state index in [2.05, 4.69) is 10.7 Å². The average Bonchev–Trinajstić information content (AvgIpc) is 3.18. The van der Waals surface area contributed by atoms with Crippen molar-refractivity contribution >= 4 is 52.2 Å². The van der Waals surface area contributed by atoms with Crippen LogP contribution in [-0.4, -0.2) is 62.9 Å². The molecule has 0 saturated carbocycles. The molecular formula is C20H23ClN4O5S. The molecule has 0 unspecified atom stereocenters. The number of methoxy groups -OCH3 is 1. The molecule has 2 aromatic rings. The number of carbonyl (C=O) groups excluding carboxylic acids is 3. The first-order valence-corrected chi connectivity index (χ1v) is 10.7. The second kappa shape index (κ2) is 10.6. The Bertz CT molecular complexity index is 967. The third-order valence-corrected chi connectivity index (χ3v) is 5.75. The number of hydrazine groups is 1. The number of benzene rings is 1. The number of ether oxygens (including phenoxy) is 2. The number of anilines is 2. The fourth-order valence-corrected chi connectivity index (χ4v) is 3.94. The van der Waals surface area contributed by atoms with Gasteiger partial charge in [0.1, 0.15) is 6.61 Å². The van der Waals surface area contributed by atoms with Crippen LogP contribution in [0.1, 0.15) is 15.2 Å². The lowest BCUT2D eigenvalue weighted by Crippen LogP contribution is -2.49. The molecule has 0 spiro atoms. The van der Waals surface area contributed by atoms with Crippen LogP contribution in [0.4, 0.5) is 16.2 Å². The van der Waals surface area contributed by atoms with Gasteiger partial charge in [-0.1, -0.05) is 11.6 Å². The predicted octanol–water partition coefficient (Wildman–Crippen LogP) is 2.90. The number of hydrogen-bond donors (Lipinski definition) is 2. The molecule has 166 valence electrons. The molecule has 2 N–H and O–H groups in total. The second-order valence-electron chi connectivity index (χ2n) is 6.72. The molecule has 1 aliphatic heterocycles. The van der Waals surface area contributed by atoms with E-state index in [9.17, 15) is 14.4 Å². The van der Waals surface area contributed by atoms with Crippen molar-refractivity contribution in [3.8, 4) is 0 Å². The van der Waals surface area contributed by atoms with E-state index in [-0.39, 0.29) is 25.7 Å². The van der Waals surface area contributed by atoms with Crippen LogP contribution in [0.15, 0.2) is 30.3 Å². The number of amides is 4. The van der Waals surface area contributed by atoms with Gasteiger partial charge in [0.15, 0.2) is 0 Å². The molecule has 9 nitrogen and oxygen atoms in total. The maximum atomic E-state index is 12.8. The largest absolute Gasteiger partial charge is 0.383 e.